The number of halogens is 6. The standard InChI is InChI=1S/C21H16F6N2O/c22-20(23,24)15-10-14(11-16(12-15)21(25,26)27)19(30)29-9-8-28-18-7-3-5-13-4-1-2-6-17(13)18/h1-7,10-12,28H,8-9H2,(H,29,30). The van der Waals surface area contributed by atoms with Gasteiger partial charge in [-0.05, 0) is 29.7 Å². The Morgan fingerprint density at radius 1 is 0.767 bits per heavy atom. The molecular weight excluding hydrogens is 410 g/mol. The van der Waals surface area contributed by atoms with Crippen molar-refractivity contribution < 1.29 is 31.1 Å². The van der Waals surface area contributed by atoms with Gasteiger partial charge in [0.2, 0.25) is 0 Å². The number of alkyl halides is 6. The molecule has 3 nitrogen and oxygen atoms in total. The van der Waals surface area contributed by atoms with E-state index in [9.17, 15) is 31.1 Å². The Balaban J connectivity index is 1.68. The molecule has 0 bridgehead atoms. The smallest absolute Gasteiger partial charge is 0.383 e. The summed E-state index contributed by atoms with van der Waals surface area (Å²) in [5, 5.41) is 7.37. The van der Waals surface area contributed by atoms with E-state index >= 15 is 0 Å². The van der Waals surface area contributed by atoms with Crippen molar-refractivity contribution in [2.45, 2.75) is 12.4 Å². The van der Waals surface area contributed by atoms with E-state index in [1.807, 2.05) is 42.5 Å². The van der Waals surface area contributed by atoms with Crippen molar-refractivity contribution in [3.8, 4) is 0 Å². The molecule has 0 aliphatic heterocycles. The van der Waals surface area contributed by atoms with E-state index in [4.69, 9.17) is 0 Å². The van der Waals surface area contributed by atoms with Gasteiger partial charge in [-0.25, -0.2) is 0 Å². The average molecular weight is 426 g/mol. The van der Waals surface area contributed by atoms with Crippen LogP contribution in [0.4, 0.5) is 32.0 Å². The Kier molecular flexibility index (Phi) is 5.91. The van der Waals surface area contributed by atoms with Gasteiger partial charge in [0.25, 0.3) is 5.91 Å². The van der Waals surface area contributed by atoms with Crippen LogP contribution in [0.3, 0.4) is 0 Å². The van der Waals surface area contributed by atoms with Crippen LogP contribution >= 0.6 is 0 Å². The summed E-state index contributed by atoms with van der Waals surface area (Å²) in [6, 6.07) is 14.0. The Labute approximate surface area is 167 Å². The Bertz CT molecular complexity index is 1020. The molecule has 0 saturated carbocycles. The van der Waals surface area contributed by atoms with E-state index in [1.165, 1.54) is 0 Å². The topological polar surface area (TPSA) is 41.1 Å². The number of hydrogen-bond acceptors (Lipinski definition) is 2. The lowest BCUT2D eigenvalue weighted by molar-refractivity contribution is -0.143. The first-order valence-corrected chi connectivity index (χ1v) is 8.85. The summed E-state index contributed by atoms with van der Waals surface area (Å²) < 4.78 is 77.5. The van der Waals surface area contributed by atoms with E-state index in [0.29, 0.717) is 12.1 Å². The summed E-state index contributed by atoms with van der Waals surface area (Å²) in [5.41, 5.74) is -2.98. The molecule has 0 spiro atoms. The molecule has 0 fully saturated rings. The third-order valence-corrected chi connectivity index (χ3v) is 4.37. The Hall–Kier alpha value is -3.23. The molecule has 0 saturated heterocycles. The fraction of sp³-hybridized carbons (Fsp3) is 0.190. The number of fused-ring (bicyclic) bond motifs is 1. The maximum atomic E-state index is 12.9. The number of carbonyl (C=O) groups excluding carboxylic acids is 1. The van der Waals surface area contributed by atoms with E-state index in [-0.39, 0.29) is 19.2 Å². The van der Waals surface area contributed by atoms with Gasteiger partial charge in [-0.2, -0.15) is 26.3 Å². The van der Waals surface area contributed by atoms with Crippen LogP contribution in [0.15, 0.2) is 60.7 Å². The van der Waals surface area contributed by atoms with E-state index in [2.05, 4.69) is 10.6 Å². The number of amides is 1. The number of hydrogen-bond donors (Lipinski definition) is 2. The van der Waals surface area contributed by atoms with Crippen LogP contribution < -0.4 is 10.6 Å². The minimum absolute atomic E-state index is 0.000346. The van der Waals surface area contributed by atoms with Crippen LogP contribution in [0.1, 0.15) is 21.5 Å². The van der Waals surface area contributed by atoms with Crippen LogP contribution in [0, 0.1) is 0 Å². The molecule has 0 aliphatic rings. The lowest BCUT2D eigenvalue weighted by Gasteiger charge is -2.14. The molecule has 0 radical (unpaired) electrons. The monoisotopic (exact) mass is 426 g/mol. The fourth-order valence-corrected chi connectivity index (χ4v) is 2.94. The first-order valence-electron chi connectivity index (χ1n) is 8.85. The minimum atomic E-state index is -5.01. The van der Waals surface area contributed by atoms with Crippen molar-refractivity contribution in [3.63, 3.8) is 0 Å². The van der Waals surface area contributed by atoms with Gasteiger partial charge in [0, 0.05) is 29.7 Å². The lowest BCUT2D eigenvalue weighted by Crippen LogP contribution is -2.29. The number of anilines is 1. The highest BCUT2D eigenvalue weighted by Crippen LogP contribution is 2.36. The molecular formula is C21H16F6N2O. The second kappa shape index (κ2) is 8.25. The molecule has 0 aliphatic carbocycles. The fourth-order valence-electron chi connectivity index (χ4n) is 2.94. The summed E-state index contributed by atoms with van der Waals surface area (Å²) in [6.45, 7) is 0.227. The molecule has 3 aromatic rings. The van der Waals surface area contributed by atoms with Gasteiger partial charge < -0.3 is 10.6 Å². The zero-order valence-electron chi connectivity index (χ0n) is 15.4. The first-order chi connectivity index (χ1) is 14.1. The predicted octanol–water partition coefficient (Wildman–Crippen LogP) is 5.72. The molecule has 0 aromatic heterocycles. The predicted molar refractivity (Wildman–Crippen MR) is 101 cm³/mol. The maximum Gasteiger partial charge on any atom is 0.416 e. The SMILES string of the molecule is O=C(NCCNc1cccc2ccccc12)c1cc(C(F)(F)F)cc(C(F)(F)F)c1. The van der Waals surface area contributed by atoms with Gasteiger partial charge >= 0.3 is 12.4 Å². The summed E-state index contributed by atoms with van der Waals surface area (Å²) in [7, 11) is 0. The number of rotatable bonds is 5. The summed E-state index contributed by atoms with van der Waals surface area (Å²) >= 11 is 0. The molecule has 3 rings (SSSR count). The summed E-state index contributed by atoms with van der Waals surface area (Å²) in [6.07, 6.45) is -10.0. The van der Waals surface area contributed by atoms with Crippen molar-refractivity contribution in [1.29, 1.82) is 0 Å². The van der Waals surface area contributed by atoms with Crippen LogP contribution in [-0.2, 0) is 12.4 Å². The zero-order chi connectivity index (χ0) is 21.9. The van der Waals surface area contributed by atoms with E-state index in [0.717, 1.165) is 16.5 Å². The third kappa shape index (κ3) is 5.03. The average Bonchev–Trinajstić information content (AvgIpc) is 2.69. The second-order valence-corrected chi connectivity index (χ2v) is 6.50. The molecule has 0 unspecified atom stereocenters. The largest absolute Gasteiger partial charge is 0.416 e. The Morgan fingerprint density at radius 2 is 1.37 bits per heavy atom. The Morgan fingerprint density at radius 3 is 2.00 bits per heavy atom. The van der Waals surface area contributed by atoms with Gasteiger partial charge in [-0.15, -0.1) is 0 Å². The van der Waals surface area contributed by atoms with Crippen molar-refractivity contribution in [2.75, 3.05) is 18.4 Å². The maximum absolute atomic E-state index is 12.9. The van der Waals surface area contributed by atoms with Crippen LogP contribution in [0.5, 0.6) is 0 Å². The molecule has 2 N–H and O–H groups in total. The molecule has 30 heavy (non-hydrogen) atoms. The van der Waals surface area contributed by atoms with Gasteiger partial charge in [0.15, 0.2) is 0 Å². The third-order valence-electron chi connectivity index (χ3n) is 4.37. The molecule has 3 aromatic carbocycles. The zero-order valence-corrected chi connectivity index (χ0v) is 15.4. The molecule has 0 atom stereocenters. The quantitative estimate of drug-likeness (QED) is 0.405. The van der Waals surface area contributed by atoms with Gasteiger partial charge in [0.1, 0.15) is 0 Å². The summed E-state index contributed by atoms with van der Waals surface area (Å²) in [4.78, 5) is 12.2. The van der Waals surface area contributed by atoms with Crippen LogP contribution in [0.2, 0.25) is 0 Å². The lowest BCUT2D eigenvalue weighted by atomic mass is 10.0. The van der Waals surface area contributed by atoms with E-state index < -0.39 is 35.0 Å². The normalized spacial score (nSPS) is 12.1. The van der Waals surface area contributed by atoms with E-state index in [1.54, 1.807) is 0 Å². The molecule has 1 amide bonds. The summed E-state index contributed by atoms with van der Waals surface area (Å²) in [5.74, 6) is -1.02. The highest BCUT2D eigenvalue weighted by molar-refractivity contribution is 5.95. The highest BCUT2D eigenvalue weighted by atomic mass is 19.4. The number of benzene rings is 3. The van der Waals surface area contributed by atoms with Crippen LogP contribution in [-0.4, -0.2) is 19.0 Å². The second-order valence-electron chi connectivity index (χ2n) is 6.50. The van der Waals surface area contributed by atoms with Crippen molar-refractivity contribution in [2.24, 2.45) is 0 Å². The number of nitrogens with one attached hydrogen (secondary N) is 2. The highest BCUT2D eigenvalue weighted by Gasteiger charge is 2.37. The van der Waals surface area contributed by atoms with Gasteiger partial charge in [-0.1, -0.05) is 36.4 Å². The van der Waals surface area contributed by atoms with Crippen LogP contribution in [0.25, 0.3) is 10.8 Å². The van der Waals surface area contributed by atoms with Gasteiger partial charge in [-0.3, -0.25) is 4.79 Å². The molecule has 9 heteroatoms. The van der Waals surface area contributed by atoms with Crippen molar-refractivity contribution in [1.82, 2.24) is 5.32 Å². The molecule has 0 heterocycles. The molecule has 158 valence electrons. The minimum Gasteiger partial charge on any atom is -0.383 e. The van der Waals surface area contributed by atoms with Gasteiger partial charge in [0.05, 0.1) is 11.1 Å². The van der Waals surface area contributed by atoms with Crippen molar-refractivity contribution in [3.05, 3.63) is 77.4 Å². The first kappa shape index (κ1) is 21.5. The van der Waals surface area contributed by atoms with Crippen molar-refractivity contribution >= 4 is 22.4 Å². The number of carbonyl (C=O) groups is 1.